The molecule has 0 spiro atoms. The van der Waals surface area contributed by atoms with Gasteiger partial charge in [-0.25, -0.2) is 0 Å². The third-order valence-electron chi connectivity index (χ3n) is 2.44. The van der Waals surface area contributed by atoms with Gasteiger partial charge < -0.3 is 0 Å². The van der Waals surface area contributed by atoms with E-state index in [0.717, 1.165) is 11.3 Å². The first kappa shape index (κ1) is 8.48. The number of hydrogen-bond acceptors (Lipinski definition) is 2. The fourth-order valence-electron chi connectivity index (χ4n) is 1.63. The number of fused-ring (bicyclic) bond motifs is 1. The van der Waals surface area contributed by atoms with Crippen molar-refractivity contribution in [1.29, 1.82) is 0 Å². The van der Waals surface area contributed by atoms with Crippen LogP contribution in [0.5, 0.6) is 0 Å². The molecule has 2 heteroatoms. The Hall–Kier alpha value is -1.67. The first-order valence-corrected chi connectivity index (χ1v) is 5.92. The molecule has 0 atom stereocenters. The van der Waals surface area contributed by atoms with Crippen LogP contribution < -0.4 is 4.31 Å². The number of para-hydroxylation sites is 1. The van der Waals surface area contributed by atoms with Crippen molar-refractivity contribution in [3.05, 3.63) is 66.3 Å². The lowest BCUT2D eigenvalue weighted by Crippen LogP contribution is -2.08. The molecule has 1 nitrogen and oxygen atoms in total. The molecule has 0 saturated heterocycles. The molecule has 0 amide bonds. The topological polar surface area (TPSA) is 3.24 Å². The van der Waals surface area contributed by atoms with Crippen molar-refractivity contribution < 1.29 is 1.37 Å². The van der Waals surface area contributed by atoms with E-state index in [1.165, 1.54) is 4.90 Å². The summed E-state index contributed by atoms with van der Waals surface area (Å²) in [7, 11) is 0. The predicted molar refractivity (Wildman–Crippen MR) is 70.3 cm³/mol. The molecule has 16 heavy (non-hydrogen) atoms. The van der Waals surface area contributed by atoms with Gasteiger partial charge in [-0.1, -0.05) is 36.4 Å². The van der Waals surface area contributed by atoms with E-state index in [9.17, 15) is 0 Å². The van der Waals surface area contributed by atoms with Crippen molar-refractivity contribution in [1.82, 2.24) is 0 Å². The van der Waals surface area contributed by atoms with Gasteiger partial charge in [-0.2, -0.15) is 0 Å². The molecule has 1 aliphatic rings. The van der Waals surface area contributed by atoms with E-state index in [0.29, 0.717) is 6.18 Å². The molecule has 1 aliphatic heterocycles. The zero-order valence-electron chi connectivity index (χ0n) is 9.63. The first-order valence-electron chi connectivity index (χ1n) is 5.65. The lowest BCUT2D eigenvalue weighted by molar-refractivity contribution is 1.35. The van der Waals surface area contributed by atoms with Crippen LogP contribution in [0, 0.1) is 0 Å². The summed E-state index contributed by atoms with van der Waals surface area (Å²) < 4.78 is 10.00. The summed E-state index contributed by atoms with van der Waals surface area (Å²) in [6, 6.07) is 18.1. The van der Waals surface area contributed by atoms with E-state index >= 15 is 0 Å². The number of benzene rings is 2. The van der Waals surface area contributed by atoms with E-state index < -0.39 is 0 Å². The van der Waals surface area contributed by atoms with Crippen LogP contribution >= 0.6 is 11.9 Å². The fourth-order valence-corrected chi connectivity index (χ4v) is 2.53. The minimum Gasteiger partial charge on any atom is -0.288 e. The van der Waals surface area contributed by atoms with Gasteiger partial charge in [0.1, 0.15) is 0 Å². The molecule has 2 aromatic rings. The molecule has 0 bridgehead atoms. The van der Waals surface area contributed by atoms with Crippen molar-refractivity contribution in [2.75, 3.05) is 4.31 Å². The SMILES string of the molecule is [2H]C1=Cc2ccccc2SN1c1ccccc1. The van der Waals surface area contributed by atoms with E-state index in [4.69, 9.17) is 1.37 Å². The maximum absolute atomic E-state index is 8.06. The van der Waals surface area contributed by atoms with E-state index in [1.807, 2.05) is 58.9 Å². The van der Waals surface area contributed by atoms with E-state index in [1.54, 1.807) is 11.9 Å². The molecule has 0 radical (unpaired) electrons. The second-order valence-corrected chi connectivity index (χ2v) is 4.52. The predicted octanol–water partition coefficient (Wildman–Crippen LogP) is 4.18. The Labute approximate surface area is 101 Å². The summed E-state index contributed by atoms with van der Waals surface area (Å²) >= 11 is 1.60. The molecule has 0 aliphatic carbocycles. The minimum absolute atomic E-state index is 0.514. The summed E-state index contributed by atoms with van der Waals surface area (Å²) in [4.78, 5) is 1.19. The Morgan fingerprint density at radius 3 is 2.56 bits per heavy atom. The average Bonchev–Trinajstić information content (AvgIpc) is 2.39. The minimum atomic E-state index is 0.514. The van der Waals surface area contributed by atoms with Gasteiger partial charge in [0.15, 0.2) is 0 Å². The van der Waals surface area contributed by atoms with Crippen LogP contribution in [0.2, 0.25) is 0 Å². The van der Waals surface area contributed by atoms with Crippen LogP contribution in [0.25, 0.3) is 6.08 Å². The highest BCUT2D eigenvalue weighted by Crippen LogP contribution is 2.35. The molecule has 3 rings (SSSR count). The monoisotopic (exact) mass is 226 g/mol. The first-order chi connectivity index (χ1) is 8.34. The number of nitrogens with zero attached hydrogens (tertiary/aromatic N) is 1. The van der Waals surface area contributed by atoms with Crippen LogP contribution in [0.1, 0.15) is 6.93 Å². The molecule has 78 valence electrons. The van der Waals surface area contributed by atoms with Crippen molar-refractivity contribution >= 4 is 23.7 Å². The van der Waals surface area contributed by atoms with Crippen LogP contribution in [0.15, 0.2) is 65.7 Å². The van der Waals surface area contributed by atoms with Crippen molar-refractivity contribution in [3.63, 3.8) is 0 Å². The van der Waals surface area contributed by atoms with Gasteiger partial charge in [-0.15, -0.1) is 0 Å². The van der Waals surface area contributed by atoms with Crippen LogP contribution in [0.4, 0.5) is 5.69 Å². The Morgan fingerprint density at radius 2 is 1.69 bits per heavy atom. The number of hydrogen-bond donors (Lipinski definition) is 0. The fraction of sp³-hybridized carbons (Fsp3) is 0. The zero-order valence-corrected chi connectivity index (χ0v) is 9.45. The molecule has 0 saturated carbocycles. The highest BCUT2D eigenvalue weighted by atomic mass is 32.2. The molecular formula is C14H11NS. The van der Waals surface area contributed by atoms with Crippen molar-refractivity contribution in [2.24, 2.45) is 0 Å². The van der Waals surface area contributed by atoms with Gasteiger partial charge in [-0.3, -0.25) is 4.31 Å². The van der Waals surface area contributed by atoms with Crippen molar-refractivity contribution in [2.45, 2.75) is 4.90 Å². The summed E-state index contributed by atoms with van der Waals surface area (Å²) in [5, 5.41) is 0. The lowest BCUT2D eigenvalue weighted by Gasteiger charge is -2.23. The van der Waals surface area contributed by atoms with Gasteiger partial charge in [0.05, 0.1) is 7.06 Å². The molecule has 0 aromatic heterocycles. The molecule has 1 heterocycles. The zero-order chi connectivity index (χ0) is 11.7. The van der Waals surface area contributed by atoms with Gasteiger partial charge in [-0.05, 0) is 41.8 Å². The van der Waals surface area contributed by atoms with E-state index in [2.05, 4.69) is 6.07 Å². The molecule has 0 fully saturated rings. The summed E-state index contributed by atoms with van der Waals surface area (Å²) in [6.07, 6.45) is 2.42. The Bertz CT molecular complexity index is 565. The normalized spacial score (nSPS) is 15.1. The number of rotatable bonds is 1. The van der Waals surface area contributed by atoms with Gasteiger partial charge in [0.2, 0.25) is 0 Å². The van der Waals surface area contributed by atoms with Gasteiger partial charge in [0, 0.05) is 11.1 Å². The maximum Gasteiger partial charge on any atom is 0.0829 e. The van der Waals surface area contributed by atoms with Crippen LogP contribution in [-0.4, -0.2) is 0 Å². The van der Waals surface area contributed by atoms with E-state index in [-0.39, 0.29) is 0 Å². The van der Waals surface area contributed by atoms with Crippen molar-refractivity contribution in [3.8, 4) is 0 Å². The number of anilines is 1. The summed E-state index contributed by atoms with van der Waals surface area (Å²) in [5.41, 5.74) is 2.16. The second-order valence-electron chi connectivity index (χ2n) is 3.53. The Kier molecular flexibility index (Phi) is 2.15. The summed E-state index contributed by atoms with van der Waals surface area (Å²) in [5.74, 6) is 0. The van der Waals surface area contributed by atoms with Gasteiger partial charge in [0.25, 0.3) is 0 Å². The molecule has 0 N–H and O–H groups in total. The largest absolute Gasteiger partial charge is 0.288 e. The van der Waals surface area contributed by atoms with Gasteiger partial charge >= 0.3 is 0 Å². The summed E-state index contributed by atoms with van der Waals surface area (Å²) in [6.45, 7) is 0. The highest BCUT2D eigenvalue weighted by molar-refractivity contribution is 8.01. The average molecular weight is 226 g/mol. The van der Waals surface area contributed by atoms with Crippen LogP contribution in [-0.2, 0) is 0 Å². The Balaban J connectivity index is 2.02. The molecule has 0 unspecified atom stereocenters. The standard InChI is InChI=1S/C14H11NS/c1-2-7-13(8-3-1)15-11-10-12-6-4-5-9-14(12)16-15/h1-11H/i11D. The quantitative estimate of drug-likeness (QED) is 0.671. The third-order valence-corrected chi connectivity index (χ3v) is 3.50. The third kappa shape index (κ3) is 1.72. The smallest absolute Gasteiger partial charge is 0.0829 e. The molecule has 2 aromatic carbocycles. The van der Waals surface area contributed by atoms with Crippen LogP contribution in [0.3, 0.4) is 0 Å². The lowest BCUT2D eigenvalue weighted by atomic mass is 10.2. The molecular weight excluding hydrogens is 214 g/mol. The highest BCUT2D eigenvalue weighted by Gasteiger charge is 2.11. The maximum atomic E-state index is 8.06. The Morgan fingerprint density at radius 1 is 0.938 bits per heavy atom. The second kappa shape index (κ2) is 4.06.